The molecule has 1 N–H and O–H groups in total. The van der Waals surface area contributed by atoms with Crippen LogP contribution in [0.1, 0.15) is 19.8 Å². The first-order valence-electron chi connectivity index (χ1n) is 5.92. The Balaban J connectivity index is 1.99. The molecule has 2 rings (SSSR count). The predicted octanol–water partition coefficient (Wildman–Crippen LogP) is 3.23. The van der Waals surface area contributed by atoms with Crippen LogP contribution in [-0.4, -0.2) is 23.7 Å². The van der Waals surface area contributed by atoms with Crippen LogP contribution in [0.3, 0.4) is 0 Å². The van der Waals surface area contributed by atoms with Crippen LogP contribution in [0.2, 0.25) is 5.02 Å². The standard InChI is InChI=1S/C12H15ClN2O3/c1-2-18-9-6-8(7-9)14-10-4-3-5-11(12(10)13)15(16)17/h3-5,8-9,14H,2,6-7H2,1H3. The number of nitrogens with zero attached hydrogens (tertiary/aromatic N) is 1. The second-order valence-electron chi connectivity index (χ2n) is 4.29. The fourth-order valence-electron chi connectivity index (χ4n) is 2.05. The minimum Gasteiger partial charge on any atom is -0.381 e. The van der Waals surface area contributed by atoms with E-state index in [1.165, 1.54) is 6.07 Å². The van der Waals surface area contributed by atoms with Crippen LogP contribution >= 0.6 is 11.6 Å². The van der Waals surface area contributed by atoms with Gasteiger partial charge >= 0.3 is 0 Å². The van der Waals surface area contributed by atoms with Crippen molar-refractivity contribution in [2.75, 3.05) is 11.9 Å². The molecule has 1 aromatic rings. The van der Waals surface area contributed by atoms with Crippen molar-refractivity contribution >= 4 is 23.0 Å². The van der Waals surface area contributed by atoms with Crippen LogP contribution in [0.5, 0.6) is 0 Å². The molecule has 0 amide bonds. The maximum atomic E-state index is 10.8. The summed E-state index contributed by atoms with van der Waals surface area (Å²) in [7, 11) is 0. The fraction of sp³-hybridized carbons (Fsp3) is 0.500. The molecule has 0 heterocycles. The normalized spacial score (nSPS) is 22.3. The monoisotopic (exact) mass is 270 g/mol. The molecule has 1 aliphatic rings. The summed E-state index contributed by atoms with van der Waals surface area (Å²) in [5.41, 5.74) is 0.549. The van der Waals surface area contributed by atoms with E-state index in [9.17, 15) is 10.1 Å². The summed E-state index contributed by atoms with van der Waals surface area (Å²) in [5, 5.41) is 14.1. The average molecular weight is 271 g/mol. The summed E-state index contributed by atoms with van der Waals surface area (Å²) in [4.78, 5) is 10.3. The highest BCUT2D eigenvalue weighted by Gasteiger charge is 2.30. The summed E-state index contributed by atoms with van der Waals surface area (Å²) in [6.45, 7) is 2.69. The molecule has 1 fully saturated rings. The average Bonchev–Trinajstić information content (AvgIpc) is 2.28. The van der Waals surface area contributed by atoms with Crippen LogP contribution < -0.4 is 5.32 Å². The van der Waals surface area contributed by atoms with E-state index in [2.05, 4.69) is 5.32 Å². The first kappa shape index (κ1) is 13.1. The van der Waals surface area contributed by atoms with Gasteiger partial charge in [-0.15, -0.1) is 0 Å². The first-order chi connectivity index (χ1) is 8.61. The van der Waals surface area contributed by atoms with Crippen LogP contribution in [0.25, 0.3) is 0 Å². The van der Waals surface area contributed by atoms with E-state index >= 15 is 0 Å². The zero-order chi connectivity index (χ0) is 13.1. The SMILES string of the molecule is CCOC1CC(Nc2cccc([N+](=O)[O-])c2Cl)C1. The van der Waals surface area contributed by atoms with Gasteiger partial charge < -0.3 is 10.1 Å². The molecule has 0 radical (unpaired) electrons. The minimum atomic E-state index is -0.475. The molecule has 5 nitrogen and oxygen atoms in total. The van der Waals surface area contributed by atoms with Crippen LogP contribution in [-0.2, 0) is 4.74 Å². The number of benzene rings is 1. The van der Waals surface area contributed by atoms with Gasteiger partial charge in [-0.1, -0.05) is 17.7 Å². The Labute approximate surface area is 110 Å². The maximum Gasteiger partial charge on any atom is 0.289 e. The molecule has 0 aromatic heterocycles. The Hall–Kier alpha value is -1.33. The van der Waals surface area contributed by atoms with E-state index in [4.69, 9.17) is 16.3 Å². The third-order valence-electron chi connectivity index (χ3n) is 3.03. The van der Waals surface area contributed by atoms with Crippen LogP contribution in [0.15, 0.2) is 18.2 Å². The summed E-state index contributed by atoms with van der Waals surface area (Å²) >= 11 is 5.99. The Kier molecular flexibility index (Phi) is 4.04. The van der Waals surface area contributed by atoms with Gasteiger partial charge in [0.1, 0.15) is 5.02 Å². The summed E-state index contributed by atoms with van der Waals surface area (Å²) < 4.78 is 5.46. The van der Waals surface area contributed by atoms with Gasteiger partial charge in [0.15, 0.2) is 0 Å². The lowest BCUT2D eigenvalue weighted by molar-refractivity contribution is -0.384. The molecular weight excluding hydrogens is 256 g/mol. The molecule has 6 heteroatoms. The van der Waals surface area contributed by atoms with Crippen molar-refractivity contribution in [3.8, 4) is 0 Å². The number of nitro groups is 1. The van der Waals surface area contributed by atoms with Crippen LogP contribution in [0.4, 0.5) is 11.4 Å². The Bertz CT molecular complexity index is 447. The number of hydrogen-bond donors (Lipinski definition) is 1. The Morgan fingerprint density at radius 2 is 2.28 bits per heavy atom. The van der Waals surface area contributed by atoms with Crippen molar-refractivity contribution < 1.29 is 9.66 Å². The number of hydrogen-bond acceptors (Lipinski definition) is 4. The zero-order valence-corrected chi connectivity index (χ0v) is 10.8. The second kappa shape index (κ2) is 5.54. The number of nitro benzene ring substituents is 1. The molecule has 0 bridgehead atoms. The molecule has 0 saturated heterocycles. The molecule has 18 heavy (non-hydrogen) atoms. The van der Waals surface area contributed by atoms with Crippen molar-refractivity contribution in [1.82, 2.24) is 0 Å². The third kappa shape index (κ3) is 2.73. The number of nitrogens with one attached hydrogen (secondary N) is 1. The van der Waals surface area contributed by atoms with Gasteiger partial charge in [-0.3, -0.25) is 10.1 Å². The van der Waals surface area contributed by atoms with E-state index in [1.807, 2.05) is 6.92 Å². The molecule has 0 spiro atoms. The van der Waals surface area contributed by atoms with E-state index < -0.39 is 4.92 Å². The van der Waals surface area contributed by atoms with Crippen molar-refractivity contribution in [2.45, 2.75) is 31.9 Å². The topological polar surface area (TPSA) is 64.4 Å². The van der Waals surface area contributed by atoms with E-state index in [-0.39, 0.29) is 16.8 Å². The molecule has 1 saturated carbocycles. The molecule has 1 aromatic carbocycles. The van der Waals surface area contributed by atoms with E-state index in [1.54, 1.807) is 12.1 Å². The Morgan fingerprint density at radius 3 is 2.89 bits per heavy atom. The maximum absolute atomic E-state index is 10.8. The summed E-state index contributed by atoms with van der Waals surface area (Å²) in [6.07, 6.45) is 2.12. The molecule has 0 unspecified atom stereocenters. The molecule has 0 atom stereocenters. The van der Waals surface area contributed by atoms with Gasteiger partial charge in [0, 0.05) is 18.7 Å². The van der Waals surface area contributed by atoms with Gasteiger partial charge in [0.2, 0.25) is 0 Å². The zero-order valence-electron chi connectivity index (χ0n) is 10.1. The quantitative estimate of drug-likeness (QED) is 0.659. The lowest BCUT2D eigenvalue weighted by Crippen LogP contribution is -2.40. The van der Waals surface area contributed by atoms with Gasteiger partial charge in [-0.05, 0) is 25.8 Å². The highest BCUT2D eigenvalue weighted by atomic mass is 35.5. The molecule has 1 aliphatic carbocycles. The van der Waals surface area contributed by atoms with Gasteiger partial charge in [0.25, 0.3) is 5.69 Å². The van der Waals surface area contributed by atoms with Crippen molar-refractivity contribution in [2.24, 2.45) is 0 Å². The lowest BCUT2D eigenvalue weighted by Gasteiger charge is -2.36. The number of halogens is 1. The lowest BCUT2D eigenvalue weighted by atomic mass is 9.89. The predicted molar refractivity (Wildman–Crippen MR) is 70.2 cm³/mol. The van der Waals surface area contributed by atoms with Gasteiger partial charge in [-0.2, -0.15) is 0 Å². The third-order valence-corrected chi connectivity index (χ3v) is 3.43. The van der Waals surface area contributed by atoms with Gasteiger partial charge in [0.05, 0.1) is 16.7 Å². The molecule has 0 aliphatic heterocycles. The number of rotatable bonds is 5. The minimum absolute atomic E-state index is 0.0673. The second-order valence-corrected chi connectivity index (χ2v) is 4.66. The van der Waals surface area contributed by atoms with E-state index in [0.29, 0.717) is 11.8 Å². The highest BCUT2D eigenvalue weighted by Crippen LogP contribution is 2.34. The summed E-state index contributed by atoms with van der Waals surface area (Å²) in [6, 6.07) is 5.06. The summed E-state index contributed by atoms with van der Waals surface area (Å²) in [5.74, 6) is 0. The highest BCUT2D eigenvalue weighted by molar-refractivity contribution is 6.35. The van der Waals surface area contributed by atoms with Gasteiger partial charge in [-0.25, -0.2) is 0 Å². The smallest absolute Gasteiger partial charge is 0.289 e. The number of ether oxygens (including phenoxy) is 1. The fourth-order valence-corrected chi connectivity index (χ4v) is 2.30. The number of anilines is 1. The van der Waals surface area contributed by atoms with Crippen molar-refractivity contribution in [1.29, 1.82) is 0 Å². The van der Waals surface area contributed by atoms with Crippen molar-refractivity contribution in [3.63, 3.8) is 0 Å². The Morgan fingerprint density at radius 1 is 1.56 bits per heavy atom. The van der Waals surface area contributed by atoms with Crippen LogP contribution in [0, 0.1) is 10.1 Å². The van der Waals surface area contributed by atoms with E-state index in [0.717, 1.165) is 19.4 Å². The first-order valence-corrected chi connectivity index (χ1v) is 6.30. The van der Waals surface area contributed by atoms with Crippen molar-refractivity contribution in [3.05, 3.63) is 33.3 Å². The largest absolute Gasteiger partial charge is 0.381 e. The molecule has 98 valence electrons. The molecular formula is C12H15ClN2O3.